The third kappa shape index (κ3) is 3.97. The molecule has 12 rings (SSSR count). The molecule has 0 saturated heterocycles. The summed E-state index contributed by atoms with van der Waals surface area (Å²) in [4.78, 5) is 0. The van der Waals surface area contributed by atoms with Gasteiger partial charge in [-0.15, -0.1) is 0 Å². The number of fused-ring (bicyclic) bond motifs is 12. The van der Waals surface area contributed by atoms with Crippen LogP contribution in [0.2, 0.25) is 0 Å². The summed E-state index contributed by atoms with van der Waals surface area (Å²) in [5, 5.41) is 8.68. The molecule has 0 spiro atoms. The van der Waals surface area contributed by atoms with Crippen LogP contribution in [-0.2, 0) is 0 Å². The zero-order valence-corrected chi connectivity index (χ0v) is 29.3. The van der Waals surface area contributed by atoms with Crippen molar-refractivity contribution in [1.29, 1.82) is 0 Å². The minimum absolute atomic E-state index is 1.14. The molecule has 252 valence electrons. The average Bonchev–Trinajstić information content (AvgIpc) is 3.99. The lowest BCUT2D eigenvalue weighted by Crippen LogP contribution is -1.97. The third-order valence-electron chi connectivity index (χ3n) is 11.4. The molecule has 4 heteroatoms. The summed E-state index contributed by atoms with van der Waals surface area (Å²) in [7, 11) is 0. The van der Waals surface area contributed by atoms with Gasteiger partial charge in [-0.3, -0.25) is 0 Å². The normalized spacial score (nSPS) is 12.1. The highest BCUT2D eigenvalue weighted by Crippen LogP contribution is 2.45. The van der Waals surface area contributed by atoms with E-state index in [9.17, 15) is 0 Å². The van der Waals surface area contributed by atoms with Crippen LogP contribution in [0.25, 0.3) is 99.1 Å². The van der Waals surface area contributed by atoms with E-state index >= 15 is 0 Å². The second-order valence-corrected chi connectivity index (χ2v) is 14.2. The van der Waals surface area contributed by atoms with Crippen molar-refractivity contribution in [2.75, 3.05) is 0 Å². The number of aromatic nitrogens is 4. The Hall–Kier alpha value is -7.30. The highest BCUT2D eigenvalue weighted by Gasteiger charge is 2.23. The first-order valence-electron chi connectivity index (χ1n) is 18.5. The van der Waals surface area contributed by atoms with Gasteiger partial charge in [0.25, 0.3) is 0 Å². The molecule has 54 heavy (non-hydrogen) atoms. The van der Waals surface area contributed by atoms with E-state index in [1.807, 2.05) is 0 Å². The van der Waals surface area contributed by atoms with Crippen molar-refractivity contribution >= 4 is 76.3 Å². The van der Waals surface area contributed by atoms with Crippen molar-refractivity contribution < 1.29 is 0 Å². The van der Waals surface area contributed by atoms with E-state index in [1.54, 1.807) is 0 Å². The van der Waals surface area contributed by atoms with Gasteiger partial charge in [0, 0.05) is 66.6 Å². The largest absolute Gasteiger partial charge is 0.316 e. The van der Waals surface area contributed by atoms with E-state index in [0.717, 1.165) is 22.7 Å². The van der Waals surface area contributed by atoms with Gasteiger partial charge >= 0.3 is 0 Å². The van der Waals surface area contributed by atoms with Crippen molar-refractivity contribution in [3.63, 3.8) is 0 Å². The van der Waals surface area contributed by atoms with E-state index in [2.05, 4.69) is 213 Å². The zero-order valence-electron chi connectivity index (χ0n) is 29.3. The summed E-state index contributed by atoms with van der Waals surface area (Å²) in [6.07, 6.45) is 2.22. The van der Waals surface area contributed by atoms with Crippen molar-refractivity contribution in [3.05, 3.63) is 194 Å². The maximum Gasteiger partial charge on any atom is 0.0641 e. The molecule has 0 aliphatic heterocycles. The summed E-state index contributed by atoms with van der Waals surface area (Å²) in [5.74, 6) is 0. The molecule has 8 aromatic carbocycles. The van der Waals surface area contributed by atoms with Crippen molar-refractivity contribution in [2.45, 2.75) is 0 Å². The van der Waals surface area contributed by atoms with Gasteiger partial charge in [-0.1, -0.05) is 103 Å². The molecule has 12 aromatic rings. The zero-order chi connectivity index (χ0) is 35.3. The molecule has 0 aliphatic rings. The monoisotopic (exact) mass is 688 g/mol. The molecule has 0 amide bonds. The first kappa shape index (κ1) is 29.3. The summed E-state index contributed by atoms with van der Waals surface area (Å²) in [6.45, 7) is 0. The summed E-state index contributed by atoms with van der Waals surface area (Å²) in [5.41, 5.74) is 13.0. The van der Waals surface area contributed by atoms with Crippen LogP contribution < -0.4 is 0 Å². The maximum absolute atomic E-state index is 2.56. The fourth-order valence-corrected chi connectivity index (χ4v) is 9.15. The van der Waals surface area contributed by atoms with Crippen LogP contribution >= 0.6 is 0 Å². The molecule has 0 radical (unpaired) electrons. The van der Waals surface area contributed by atoms with Gasteiger partial charge in [0.05, 0.1) is 38.6 Å². The van der Waals surface area contributed by atoms with Gasteiger partial charge in [0.15, 0.2) is 0 Å². The van der Waals surface area contributed by atoms with Crippen LogP contribution in [0.1, 0.15) is 0 Å². The Labute approximate surface area is 310 Å². The lowest BCUT2D eigenvalue weighted by Gasteiger charge is -2.12. The molecule has 0 N–H and O–H groups in total. The van der Waals surface area contributed by atoms with Gasteiger partial charge in [0.2, 0.25) is 0 Å². The Kier molecular flexibility index (Phi) is 6.02. The van der Waals surface area contributed by atoms with E-state index < -0.39 is 0 Å². The quantitative estimate of drug-likeness (QED) is 0.175. The van der Waals surface area contributed by atoms with Crippen LogP contribution in [0, 0.1) is 0 Å². The Morgan fingerprint density at radius 1 is 0.259 bits per heavy atom. The average molecular weight is 689 g/mol. The molecule has 0 aliphatic carbocycles. The van der Waals surface area contributed by atoms with Crippen LogP contribution in [0.5, 0.6) is 0 Å². The molecular formula is C50H32N4. The summed E-state index contributed by atoms with van der Waals surface area (Å²) >= 11 is 0. The minimum atomic E-state index is 1.14. The van der Waals surface area contributed by atoms with Crippen LogP contribution in [-0.4, -0.2) is 18.3 Å². The highest BCUT2D eigenvalue weighted by atomic mass is 15.0. The van der Waals surface area contributed by atoms with Crippen LogP contribution in [0.3, 0.4) is 0 Å². The standard InChI is InChI=1S/C50H32N4/c1-4-14-33(15-5-1)51-31-30-41-43(51)28-25-38-39-26-29-47-48(40-21-11-13-23-45(40)53(47)35-18-8-3-9-19-35)50(39)54(49(38)41)36-24-27-46-42(32-36)37-20-10-12-22-44(37)52(46)34-16-6-2-7-17-34/h1-32H. The predicted octanol–water partition coefficient (Wildman–Crippen LogP) is 12.9. The minimum Gasteiger partial charge on any atom is -0.316 e. The van der Waals surface area contributed by atoms with Gasteiger partial charge in [-0.05, 0) is 84.9 Å². The van der Waals surface area contributed by atoms with E-state index in [-0.39, 0.29) is 0 Å². The van der Waals surface area contributed by atoms with Gasteiger partial charge in [-0.25, -0.2) is 0 Å². The Morgan fingerprint density at radius 3 is 1.48 bits per heavy atom. The molecule has 0 atom stereocenters. The number of hydrogen-bond acceptors (Lipinski definition) is 0. The van der Waals surface area contributed by atoms with Crippen molar-refractivity contribution in [2.24, 2.45) is 0 Å². The second kappa shape index (κ2) is 11.1. The van der Waals surface area contributed by atoms with E-state index in [1.165, 1.54) is 76.3 Å². The van der Waals surface area contributed by atoms with Crippen LogP contribution in [0.4, 0.5) is 0 Å². The predicted molar refractivity (Wildman–Crippen MR) is 226 cm³/mol. The number of nitrogens with zero attached hydrogens (tertiary/aromatic N) is 4. The number of para-hydroxylation sites is 5. The first-order chi connectivity index (χ1) is 26.8. The highest BCUT2D eigenvalue weighted by molar-refractivity contribution is 6.29. The number of rotatable bonds is 4. The molecule has 4 nitrogen and oxygen atoms in total. The lowest BCUT2D eigenvalue weighted by molar-refractivity contribution is 1.13. The number of hydrogen-bond donors (Lipinski definition) is 0. The summed E-state index contributed by atoms with van der Waals surface area (Å²) < 4.78 is 9.68. The van der Waals surface area contributed by atoms with E-state index in [4.69, 9.17) is 0 Å². The van der Waals surface area contributed by atoms with Gasteiger partial charge in [0.1, 0.15) is 0 Å². The van der Waals surface area contributed by atoms with Gasteiger partial charge < -0.3 is 18.3 Å². The molecule has 0 fully saturated rings. The second-order valence-electron chi connectivity index (χ2n) is 14.2. The lowest BCUT2D eigenvalue weighted by atomic mass is 10.1. The molecule has 0 bridgehead atoms. The van der Waals surface area contributed by atoms with E-state index in [0.29, 0.717) is 0 Å². The molecule has 4 aromatic heterocycles. The van der Waals surface area contributed by atoms with Gasteiger partial charge in [-0.2, -0.15) is 0 Å². The first-order valence-corrected chi connectivity index (χ1v) is 18.5. The topological polar surface area (TPSA) is 19.7 Å². The molecule has 4 heterocycles. The fraction of sp³-hybridized carbons (Fsp3) is 0. The fourth-order valence-electron chi connectivity index (χ4n) is 9.15. The van der Waals surface area contributed by atoms with Crippen LogP contribution in [0.15, 0.2) is 194 Å². The van der Waals surface area contributed by atoms with Crippen molar-refractivity contribution in [3.8, 4) is 22.7 Å². The maximum atomic E-state index is 2.56. The Morgan fingerprint density at radius 2 is 0.778 bits per heavy atom. The summed E-state index contributed by atoms with van der Waals surface area (Å²) in [6, 6.07) is 68.4. The molecular weight excluding hydrogens is 657 g/mol. The third-order valence-corrected chi connectivity index (χ3v) is 11.4. The Bertz CT molecular complexity index is 3410. The molecule has 0 unspecified atom stereocenters. The Balaban J connectivity index is 1.26. The number of benzene rings is 8. The molecule has 0 saturated carbocycles. The smallest absolute Gasteiger partial charge is 0.0641 e. The SMILES string of the molecule is c1ccc(-n2ccc3c2ccc2c4ccc5c(c6ccccc6n5-c5ccccc5)c4n(-c4ccc5c(c4)c4ccccc4n5-c4ccccc4)c23)cc1. The van der Waals surface area contributed by atoms with Crippen molar-refractivity contribution in [1.82, 2.24) is 18.3 Å².